The van der Waals surface area contributed by atoms with Crippen molar-refractivity contribution in [3.63, 3.8) is 0 Å². The number of nitrogens with zero attached hydrogens (tertiary/aromatic N) is 1. The largest absolute Gasteiger partial charge is 0.319 e. The van der Waals surface area contributed by atoms with E-state index in [1.54, 1.807) is 10.4 Å². The highest BCUT2D eigenvalue weighted by Gasteiger charge is 2.32. The van der Waals surface area contributed by atoms with Crippen molar-refractivity contribution < 1.29 is 8.42 Å². The molecule has 0 spiro atoms. The Morgan fingerprint density at radius 2 is 2.10 bits per heavy atom. The van der Waals surface area contributed by atoms with Gasteiger partial charge in [-0.1, -0.05) is 6.07 Å². The summed E-state index contributed by atoms with van der Waals surface area (Å²) in [6, 6.07) is 5.67. The molecule has 1 aromatic rings. The molecule has 0 aromatic heterocycles. The molecule has 1 aliphatic heterocycles. The lowest BCUT2D eigenvalue weighted by atomic mass is 10.1. The summed E-state index contributed by atoms with van der Waals surface area (Å²) < 4.78 is 27.0. The monoisotopic (exact) mass is 294 g/mol. The first-order valence-corrected chi connectivity index (χ1v) is 8.82. The van der Waals surface area contributed by atoms with Crippen molar-refractivity contribution in [2.24, 2.45) is 5.92 Å². The first-order valence-electron chi connectivity index (χ1n) is 7.38. The summed E-state index contributed by atoms with van der Waals surface area (Å²) in [5, 5.41) is 3.13. The minimum absolute atomic E-state index is 0.434. The van der Waals surface area contributed by atoms with Crippen LogP contribution in [0.3, 0.4) is 0 Å². The van der Waals surface area contributed by atoms with E-state index in [1.165, 1.54) is 11.1 Å². The number of aryl methyl sites for hydroxylation is 2. The quantitative estimate of drug-likeness (QED) is 0.913. The minimum Gasteiger partial charge on any atom is -0.319 e. The molecule has 1 aliphatic carbocycles. The van der Waals surface area contributed by atoms with Crippen LogP contribution >= 0.6 is 0 Å². The predicted molar refractivity (Wildman–Crippen MR) is 79.3 cm³/mol. The SMILES string of the molecule is CNCC1CCN(S(=O)(=O)c2ccc3c(c2)CCC3)C1. The number of sulfonamides is 1. The van der Waals surface area contributed by atoms with Crippen LogP contribution in [0.25, 0.3) is 0 Å². The second-order valence-corrected chi connectivity index (χ2v) is 7.80. The normalized spacial score (nSPS) is 23.1. The van der Waals surface area contributed by atoms with E-state index in [-0.39, 0.29) is 0 Å². The second-order valence-electron chi connectivity index (χ2n) is 5.86. The zero-order valence-corrected chi connectivity index (χ0v) is 12.7. The maximum Gasteiger partial charge on any atom is 0.243 e. The fraction of sp³-hybridized carbons (Fsp3) is 0.600. The zero-order chi connectivity index (χ0) is 14.2. The van der Waals surface area contributed by atoms with E-state index >= 15 is 0 Å². The van der Waals surface area contributed by atoms with Gasteiger partial charge in [-0.05, 0) is 68.5 Å². The van der Waals surface area contributed by atoms with Crippen LogP contribution in [0.4, 0.5) is 0 Å². The van der Waals surface area contributed by atoms with E-state index in [2.05, 4.69) is 5.32 Å². The Bertz CT molecular complexity index is 598. The maximum atomic E-state index is 12.7. The molecule has 0 saturated carbocycles. The van der Waals surface area contributed by atoms with Crippen molar-refractivity contribution >= 4 is 10.0 Å². The second kappa shape index (κ2) is 5.47. The van der Waals surface area contributed by atoms with Gasteiger partial charge in [-0.15, -0.1) is 0 Å². The van der Waals surface area contributed by atoms with Crippen LogP contribution in [0.1, 0.15) is 24.0 Å². The Hall–Kier alpha value is -0.910. The van der Waals surface area contributed by atoms with E-state index in [0.717, 1.165) is 32.2 Å². The smallest absolute Gasteiger partial charge is 0.243 e. The van der Waals surface area contributed by atoms with Gasteiger partial charge < -0.3 is 5.32 Å². The molecule has 1 fully saturated rings. The minimum atomic E-state index is -3.31. The van der Waals surface area contributed by atoms with Crippen molar-refractivity contribution in [1.82, 2.24) is 9.62 Å². The molecule has 2 aliphatic rings. The third-order valence-corrected chi connectivity index (χ3v) is 6.31. The lowest BCUT2D eigenvalue weighted by Crippen LogP contribution is -2.30. The fourth-order valence-electron chi connectivity index (χ4n) is 3.33. The highest BCUT2D eigenvalue weighted by atomic mass is 32.2. The fourth-order valence-corrected chi connectivity index (χ4v) is 4.91. The van der Waals surface area contributed by atoms with Gasteiger partial charge in [-0.25, -0.2) is 8.42 Å². The van der Waals surface area contributed by atoms with Gasteiger partial charge in [0.25, 0.3) is 0 Å². The molecule has 0 bridgehead atoms. The molecule has 3 rings (SSSR count). The molecule has 1 atom stereocenters. The van der Waals surface area contributed by atoms with Gasteiger partial charge in [0, 0.05) is 13.1 Å². The summed E-state index contributed by atoms with van der Waals surface area (Å²) in [7, 11) is -1.39. The summed E-state index contributed by atoms with van der Waals surface area (Å²) in [6.45, 7) is 2.17. The van der Waals surface area contributed by atoms with E-state index in [1.807, 2.05) is 19.2 Å². The molecule has 110 valence electrons. The van der Waals surface area contributed by atoms with Crippen LogP contribution in [0.2, 0.25) is 0 Å². The van der Waals surface area contributed by atoms with Gasteiger partial charge in [0.2, 0.25) is 10.0 Å². The summed E-state index contributed by atoms with van der Waals surface area (Å²) in [5.41, 5.74) is 2.54. The molecule has 20 heavy (non-hydrogen) atoms. The summed E-state index contributed by atoms with van der Waals surface area (Å²) in [6.07, 6.45) is 4.20. The molecule has 1 aromatic carbocycles. The van der Waals surface area contributed by atoms with E-state index < -0.39 is 10.0 Å². The van der Waals surface area contributed by atoms with Crippen LogP contribution in [-0.2, 0) is 22.9 Å². The molecule has 1 heterocycles. The van der Waals surface area contributed by atoms with Crippen LogP contribution in [0, 0.1) is 5.92 Å². The Labute approximate surface area is 121 Å². The summed E-state index contributed by atoms with van der Waals surface area (Å²) in [4.78, 5) is 0.475. The Kier molecular flexibility index (Phi) is 3.84. The van der Waals surface area contributed by atoms with E-state index in [4.69, 9.17) is 0 Å². The first-order chi connectivity index (χ1) is 9.61. The van der Waals surface area contributed by atoms with Crippen molar-refractivity contribution in [2.75, 3.05) is 26.7 Å². The predicted octanol–water partition coefficient (Wildman–Crippen LogP) is 1.41. The highest BCUT2D eigenvalue weighted by molar-refractivity contribution is 7.89. The van der Waals surface area contributed by atoms with Crippen molar-refractivity contribution in [3.8, 4) is 0 Å². The number of fused-ring (bicyclic) bond motifs is 1. The van der Waals surface area contributed by atoms with Crippen LogP contribution in [-0.4, -0.2) is 39.4 Å². The maximum absolute atomic E-state index is 12.7. The number of nitrogens with one attached hydrogen (secondary N) is 1. The van der Waals surface area contributed by atoms with Crippen LogP contribution in [0.5, 0.6) is 0 Å². The Morgan fingerprint density at radius 3 is 2.90 bits per heavy atom. The van der Waals surface area contributed by atoms with Crippen molar-refractivity contribution in [1.29, 1.82) is 0 Å². The third-order valence-electron chi connectivity index (χ3n) is 4.45. The van der Waals surface area contributed by atoms with Crippen LogP contribution in [0.15, 0.2) is 23.1 Å². The number of rotatable bonds is 4. The topological polar surface area (TPSA) is 49.4 Å². The van der Waals surface area contributed by atoms with Gasteiger partial charge in [-0.3, -0.25) is 0 Å². The summed E-state index contributed by atoms with van der Waals surface area (Å²) in [5.74, 6) is 0.434. The average molecular weight is 294 g/mol. The number of benzene rings is 1. The molecule has 0 radical (unpaired) electrons. The molecule has 1 N–H and O–H groups in total. The van der Waals surface area contributed by atoms with E-state index in [9.17, 15) is 8.42 Å². The standard InChI is InChI=1S/C15H22N2O2S/c1-16-10-12-7-8-17(11-12)20(18,19)15-6-5-13-3-2-4-14(13)9-15/h5-6,9,12,16H,2-4,7-8,10-11H2,1H3. The van der Waals surface area contributed by atoms with Gasteiger partial charge in [0.15, 0.2) is 0 Å². The average Bonchev–Trinajstić information content (AvgIpc) is 3.06. The summed E-state index contributed by atoms with van der Waals surface area (Å²) >= 11 is 0. The number of hydrogen-bond acceptors (Lipinski definition) is 3. The number of hydrogen-bond donors (Lipinski definition) is 1. The molecule has 5 heteroatoms. The molecular formula is C15H22N2O2S. The molecule has 1 unspecified atom stereocenters. The molecule has 0 amide bonds. The Morgan fingerprint density at radius 1 is 1.30 bits per heavy atom. The van der Waals surface area contributed by atoms with E-state index in [0.29, 0.717) is 23.9 Å². The first kappa shape index (κ1) is 14.0. The van der Waals surface area contributed by atoms with Crippen molar-refractivity contribution in [3.05, 3.63) is 29.3 Å². The van der Waals surface area contributed by atoms with Crippen LogP contribution < -0.4 is 5.32 Å². The van der Waals surface area contributed by atoms with Gasteiger partial charge in [0.1, 0.15) is 0 Å². The molecular weight excluding hydrogens is 272 g/mol. The lowest BCUT2D eigenvalue weighted by molar-refractivity contribution is 0.451. The van der Waals surface area contributed by atoms with Gasteiger partial charge in [0.05, 0.1) is 4.90 Å². The lowest BCUT2D eigenvalue weighted by Gasteiger charge is -2.17. The highest BCUT2D eigenvalue weighted by Crippen LogP contribution is 2.28. The van der Waals surface area contributed by atoms with Gasteiger partial charge >= 0.3 is 0 Å². The molecule has 1 saturated heterocycles. The van der Waals surface area contributed by atoms with Crippen molar-refractivity contribution in [2.45, 2.75) is 30.6 Å². The molecule has 4 nitrogen and oxygen atoms in total. The zero-order valence-electron chi connectivity index (χ0n) is 11.9. The Balaban J connectivity index is 1.82. The van der Waals surface area contributed by atoms with Gasteiger partial charge in [-0.2, -0.15) is 4.31 Å². The third kappa shape index (κ3) is 2.50.